The van der Waals surface area contributed by atoms with Gasteiger partial charge in [0.1, 0.15) is 0 Å². The first-order valence-electron chi connectivity index (χ1n) is 34.3. The van der Waals surface area contributed by atoms with E-state index < -0.39 is 0 Å². The summed E-state index contributed by atoms with van der Waals surface area (Å²) >= 11 is 20.3. The van der Waals surface area contributed by atoms with Crippen LogP contribution in [0.3, 0.4) is 0 Å². The van der Waals surface area contributed by atoms with Crippen LogP contribution in [0.25, 0.3) is 186 Å². The van der Waals surface area contributed by atoms with Crippen molar-refractivity contribution in [2.24, 2.45) is 0 Å². The molecule has 0 saturated heterocycles. The van der Waals surface area contributed by atoms with Crippen LogP contribution in [0.1, 0.15) is 0 Å². The normalized spacial score (nSPS) is 11.4. The molecule has 0 aliphatic carbocycles. The molecule has 4 aromatic heterocycles. The first-order valence-corrected chi connectivity index (χ1v) is 36.2. The molecule has 0 radical (unpaired) electrons. The Morgan fingerprint density at radius 3 is 1.18 bits per heavy atom. The van der Waals surface area contributed by atoms with E-state index in [2.05, 4.69) is 261 Å². The van der Waals surface area contributed by atoms with E-state index in [1.807, 2.05) is 84.9 Å². The summed E-state index contributed by atoms with van der Waals surface area (Å²) in [5.41, 5.74) is 16.5. The van der Waals surface area contributed by atoms with Crippen LogP contribution in [0.2, 0.25) is 15.1 Å². The maximum Gasteiger partial charge on any atom is 0.160 e. The Hall–Kier alpha value is -12.3. The Kier molecular flexibility index (Phi) is 16.9. The fraction of sp³-hybridized carbons (Fsp3) is 0. The fourth-order valence-electron chi connectivity index (χ4n) is 14.0. The highest BCUT2D eigenvalue weighted by molar-refractivity contribution is 7.25. The van der Waals surface area contributed by atoms with Gasteiger partial charge in [-0.2, -0.15) is 0 Å². The third-order valence-corrected chi connectivity index (χ3v) is 21.1. The van der Waals surface area contributed by atoms with Crippen LogP contribution in [-0.2, 0) is 0 Å². The molecule has 20 aromatic rings. The smallest absolute Gasteiger partial charge is 0.160 e. The Bertz CT molecular complexity index is 6670. The summed E-state index contributed by atoms with van der Waals surface area (Å²) in [5.74, 6) is 2.14. The molecule has 20 rings (SSSR count). The maximum absolute atomic E-state index is 6.37. The van der Waals surface area contributed by atoms with E-state index in [0.717, 1.165) is 132 Å². The van der Waals surface area contributed by atoms with Gasteiger partial charge in [0.05, 0.1) is 33.6 Å². The van der Waals surface area contributed by atoms with Gasteiger partial charge in [0, 0.05) is 95.6 Å². The Balaban J connectivity index is 0.000000113. The topological polar surface area (TPSA) is 77.3 Å². The third-order valence-electron chi connectivity index (χ3n) is 19.2. The van der Waals surface area contributed by atoms with Crippen molar-refractivity contribution in [3.63, 3.8) is 0 Å². The molecule has 0 aliphatic rings. The van der Waals surface area contributed by atoms with Crippen molar-refractivity contribution in [1.82, 2.24) is 29.9 Å². The third kappa shape index (κ3) is 12.5. The highest BCUT2D eigenvalue weighted by Crippen LogP contribution is 2.42. The van der Waals surface area contributed by atoms with Crippen LogP contribution in [0, 0.1) is 0 Å². The van der Waals surface area contributed by atoms with Gasteiger partial charge in [-0.1, -0.05) is 284 Å². The molecule has 6 nitrogen and oxygen atoms in total. The van der Waals surface area contributed by atoms with Crippen molar-refractivity contribution in [2.75, 3.05) is 0 Å². The highest BCUT2D eigenvalue weighted by Gasteiger charge is 2.20. The quantitative estimate of drug-likeness (QED) is 0.141. The maximum atomic E-state index is 6.37. The lowest BCUT2D eigenvalue weighted by Crippen LogP contribution is -1.96. The average molecular weight is 1410 g/mol. The number of hydrogen-bond donors (Lipinski definition) is 0. The Labute approximate surface area is 618 Å². The van der Waals surface area contributed by atoms with Crippen LogP contribution in [0.15, 0.2) is 346 Å². The highest BCUT2D eigenvalue weighted by atomic mass is 35.5. The van der Waals surface area contributed by atoms with E-state index >= 15 is 0 Å². The van der Waals surface area contributed by atoms with Gasteiger partial charge >= 0.3 is 0 Å². The van der Waals surface area contributed by atoms with Crippen molar-refractivity contribution < 1.29 is 0 Å². The summed E-state index contributed by atoms with van der Waals surface area (Å²) in [6.45, 7) is 0. The van der Waals surface area contributed by atoms with Crippen LogP contribution in [0.5, 0.6) is 0 Å². The van der Waals surface area contributed by atoms with Crippen molar-refractivity contribution >= 4 is 142 Å². The van der Waals surface area contributed by atoms with Gasteiger partial charge in [-0.05, 0) is 152 Å². The first kappa shape index (κ1) is 63.8. The predicted octanol–water partition coefficient (Wildman–Crippen LogP) is 27.2. The molecule has 0 amide bonds. The summed E-state index contributed by atoms with van der Waals surface area (Å²) in [7, 11) is 0. The molecule has 0 aliphatic heterocycles. The van der Waals surface area contributed by atoms with Gasteiger partial charge in [-0.25, -0.2) is 29.9 Å². The molecule has 10 heteroatoms. The SMILES string of the molecule is Clc1ccc(-c2ccc(-c3nc(-c4ccc5ccccc5c4)c4ccc5ccccc5c4n3)cc2)cc1.Clc1ccc(-c2nc(-c3ccccc3)c3c(ccc4ccccc43)n2)cc1.Clc1ccc2sc3ccc(-c4nc(-c5ccc(-c6ccccc6)cc5)c5ccc6ccccc6c5n4)cc3c2c1. The summed E-state index contributed by atoms with van der Waals surface area (Å²) < 4.78 is 2.45. The molecule has 0 fully saturated rings. The van der Waals surface area contributed by atoms with Crippen LogP contribution in [-0.4, -0.2) is 29.9 Å². The van der Waals surface area contributed by atoms with Crippen LogP contribution < -0.4 is 0 Å². The largest absolute Gasteiger partial charge is 0.228 e. The number of fused-ring (bicyclic) bond motifs is 13. The summed E-state index contributed by atoms with van der Waals surface area (Å²) in [4.78, 5) is 30.5. The molecular weight excluding hydrogens is 1350 g/mol. The summed E-state index contributed by atoms with van der Waals surface area (Å²) in [6.07, 6.45) is 0. The number of aromatic nitrogens is 6. The van der Waals surface area contributed by atoms with Gasteiger partial charge in [0.2, 0.25) is 0 Å². The molecular formula is C94H57Cl3N6S. The van der Waals surface area contributed by atoms with Gasteiger partial charge in [-0.15, -0.1) is 11.3 Å². The number of halogens is 3. The number of thiophene rings is 1. The number of nitrogens with zero attached hydrogens (tertiary/aromatic N) is 6. The second-order valence-corrected chi connectivity index (χ2v) is 28.0. The molecule has 0 N–H and O–H groups in total. The van der Waals surface area contributed by atoms with Gasteiger partial charge in [0.15, 0.2) is 17.5 Å². The molecule has 490 valence electrons. The molecule has 4 heterocycles. The molecule has 0 atom stereocenters. The summed E-state index contributed by atoms with van der Waals surface area (Å²) in [5, 5.41) is 17.0. The average Bonchev–Trinajstić information content (AvgIpc) is 1.44. The minimum Gasteiger partial charge on any atom is -0.228 e. The van der Waals surface area contributed by atoms with E-state index in [9.17, 15) is 0 Å². The van der Waals surface area contributed by atoms with Crippen molar-refractivity contribution in [2.45, 2.75) is 0 Å². The van der Waals surface area contributed by atoms with Crippen molar-refractivity contribution in [3.05, 3.63) is 361 Å². The van der Waals surface area contributed by atoms with Crippen molar-refractivity contribution in [3.8, 4) is 90.2 Å². The van der Waals surface area contributed by atoms with Crippen LogP contribution in [0.4, 0.5) is 0 Å². The van der Waals surface area contributed by atoms with E-state index in [1.54, 1.807) is 11.3 Å². The van der Waals surface area contributed by atoms with Gasteiger partial charge in [-0.3, -0.25) is 0 Å². The van der Waals surface area contributed by atoms with Crippen LogP contribution >= 0.6 is 46.1 Å². The standard InChI is InChI=1S/C36H21ClN2S.C34H21ClN2.C24H15ClN2/c37-27-16-19-33-31(21-27)30-20-26(15-18-32(30)40-33)36-38-34(25-12-10-23(11-13-25)22-6-2-1-3-7-22)29-17-14-24-8-4-5-9-28(24)35(29)39-36;35-29-18-15-24(16-19-29)23-9-12-26(13-10-23)34-36-32(28-14-11-22-5-1-2-7-27(22)21-28)31-20-17-25-6-3-4-8-30(25)33(31)37-34;25-19-13-10-18(11-14-19)24-26-21-15-12-16-6-4-5-9-20(16)22(21)23(27-24)17-7-2-1-3-8-17/h1-21H;1-21H;1-15H. The van der Waals surface area contributed by atoms with Gasteiger partial charge < -0.3 is 0 Å². The number of rotatable bonds is 8. The van der Waals surface area contributed by atoms with E-state index in [4.69, 9.17) is 64.7 Å². The minimum atomic E-state index is 0.702. The molecule has 0 unspecified atom stereocenters. The molecule has 0 spiro atoms. The number of hydrogen-bond acceptors (Lipinski definition) is 7. The molecule has 104 heavy (non-hydrogen) atoms. The lowest BCUT2D eigenvalue weighted by molar-refractivity contribution is 1.23. The lowest BCUT2D eigenvalue weighted by Gasteiger charge is -2.12. The number of benzene rings is 16. The summed E-state index contributed by atoms with van der Waals surface area (Å²) in [6, 6.07) is 119. The first-order chi connectivity index (χ1) is 51.2. The fourth-order valence-corrected chi connectivity index (χ4v) is 15.5. The van der Waals surface area contributed by atoms with Gasteiger partial charge in [0.25, 0.3) is 0 Å². The molecule has 16 aromatic carbocycles. The lowest BCUT2D eigenvalue weighted by atomic mass is 9.99. The van der Waals surface area contributed by atoms with E-state index in [-0.39, 0.29) is 0 Å². The minimum absolute atomic E-state index is 0.702. The second-order valence-electron chi connectivity index (χ2n) is 25.6. The zero-order valence-electron chi connectivity index (χ0n) is 55.6. The zero-order chi connectivity index (χ0) is 69.6. The Morgan fingerprint density at radius 2 is 0.577 bits per heavy atom. The second kappa shape index (κ2) is 27.6. The molecule has 0 saturated carbocycles. The van der Waals surface area contributed by atoms with E-state index in [0.29, 0.717) is 16.7 Å². The monoisotopic (exact) mass is 1410 g/mol. The molecule has 0 bridgehead atoms. The predicted molar refractivity (Wildman–Crippen MR) is 440 cm³/mol. The zero-order valence-corrected chi connectivity index (χ0v) is 58.7. The Morgan fingerprint density at radius 1 is 0.202 bits per heavy atom. The van der Waals surface area contributed by atoms with E-state index in [1.165, 1.54) is 52.8 Å². The van der Waals surface area contributed by atoms with Crippen molar-refractivity contribution in [1.29, 1.82) is 0 Å².